The first-order chi connectivity index (χ1) is 18.3. The Morgan fingerprint density at radius 3 is 2.45 bits per heavy atom. The summed E-state index contributed by atoms with van der Waals surface area (Å²) in [6, 6.07) is 23.2. The van der Waals surface area contributed by atoms with Crippen LogP contribution in [0.4, 0.5) is 5.69 Å². The maximum atomic E-state index is 12.6. The SMILES string of the molecule is Cc1cc(/C=C2\SC(=Nc3ccc(Cl)c(Cl)c3)NC2=O)c(C)n1-c1ccc(OCc2ccc(Br)cc2)cc1. The van der Waals surface area contributed by atoms with Crippen LogP contribution in [0.3, 0.4) is 0 Å². The van der Waals surface area contributed by atoms with Gasteiger partial charge < -0.3 is 14.6 Å². The van der Waals surface area contributed by atoms with Crippen LogP contribution in [-0.4, -0.2) is 15.6 Å². The first-order valence-electron chi connectivity index (χ1n) is 11.7. The molecule has 0 saturated carbocycles. The molecule has 192 valence electrons. The minimum absolute atomic E-state index is 0.189. The summed E-state index contributed by atoms with van der Waals surface area (Å²) in [6.45, 7) is 4.59. The number of nitrogens with zero attached hydrogens (tertiary/aromatic N) is 2. The van der Waals surface area contributed by atoms with Gasteiger partial charge >= 0.3 is 0 Å². The van der Waals surface area contributed by atoms with E-state index in [1.54, 1.807) is 18.2 Å². The van der Waals surface area contributed by atoms with Crippen molar-refractivity contribution in [3.63, 3.8) is 0 Å². The van der Waals surface area contributed by atoms with E-state index in [9.17, 15) is 4.79 Å². The largest absolute Gasteiger partial charge is 0.489 e. The molecule has 0 bridgehead atoms. The van der Waals surface area contributed by atoms with E-state index in [1.807, 2.05) is 68.5 Å². The standard InChI is InChI=1S/C29H22BrCl2N3O2S/c1-17-13-20(14-27-28(36)34-29(38-27)33-22-7-12-25(31)26(32)15-22)18(2)35(17)23-8-10-24(11-9-23)37-16-19-3-5-21(30)6-4-19/h3-15H,16H2,1-2H3,(H,33,34,36)/b27-14-. The molecule has 9 heteroatoms. The van der Waals surface area contributed by atoms with Crippen molar-refractivity contribution in [1.82, 2.24) is 9.88 Å². The first-order valence-corrected chi connectivity index (χ1v) is 14.0. The van der Waals surface area contributed by atoms with E-state index in [4.69, 9.17) is 27.9 Å². The van der Waals surface area contributed by atoms with Crippen molar-refractivity contribution < 1.29 is 9.53 Å². The van der Waals surface area contributed by atoms with Gasteiger partial charge in [-0.2, -0.15) is 0 Å². The van der Waals surface area contributed by atoms with Crippen molar-refractivity contribution in [3.8, 4) is 11.4 Å². The van der Waals surface area contributed by atoms with Gasteiger partial charge in [0.1, 0.15) is 12.4 Å². The van der Waals surface area contributed by atoms with E-state index >= 15 is 0 Å². The van der Waals surface area contributed by atoms with Crippen LogP contribution in [-0.2, 0) is 11.4 Å². The van der Waals surface area contributed by atoms with Gasteiger partial charge in [-0.15, -0.1) is 0 Å². The molecule has 1 aliphatic rings. The Kier molecular flexibility index (Phi) is 8.00. The molecule has 1 aromatic heterocycles. The second kappa shape index (κ2) is 11.4. The summed E-state index contributed by atoms with van der Waals surface area (Å²) in [5.74, 6) is 0.611. The van der Waals surface area contributed by atoms with Gasteiger partial charge in [-0.1, -0.05) is 51.3 Å². The fraction of sp³-hybridized carbons (Fsp3) is 0.103. The maximum absolute atomic E-state index is 12.6. The molecule has 0 unspecified atom stereocenters. The molecule has 0 atom stereocenters. The van der Waals surface area contributed by atoms with E-state index < -0.39 is 0 Å². The second-order valence-electron chi connectivity index (χ2n) is 8.65. The highest BCUT2D eigenvalue weighted by Gasteiger charge is 2.24. The number of amidine groups is 1. The van der Waals surface area contributed by atoms with Crippen LogP contribution in [0, 0.1) is 13.8 Å². The van der Waals surface area contributed by atoms with Gasteiger partial charge in [-0.3, -0.25) is 4.79 Å². The number of hydrogen-bond donors (Lipinski definition) is 1. The van der Waals surface area contributed by atoms with Crippen molar-refractivity contribution in [2.75, 3.05) is 0 Å². The Morgan fingerprint density at radius 2 is 1.74 bits per heavy atom. The molecule has 3 aromatic carbocycles. The minimum Gasteiger partial charge on any atom is -0.489 e. The smallest absolute Gasteiger partial charge is 0.264 e. The Bertz CT molecular complexity index is 1580. The highest BCUT2D eigenvalue weighted by Crippen LogP contribution is 2.32. The summed E-state index contributed by atoms with van der Waals surface area (Å²) in [7, 11) is 0. The minimum atomic E-state index is -0.189. The number of nitrogens with one attached hydrogen (secondary N) is 1. The molecule has 38 heavy (non-hydrogen) atoms. The van der Waals surface area contributed by atoms with Crippen LogP contribution in [0.15, 0.2) is 87.2 Å². The van der Waals surface area contributed by atoms with Crippen molar-refractivity contribution in [2.24, 2.45) is 4.99 Å². The lowest BCUT2D eigenvalue weighted by Crippen LogP contribution is -2.19. The van der Waals surface area contributed by atoms with Gasteiger partial charge in [0.15, 0.2) is 5.17 Å². The van der Waals surface area contributed by atoms with E-state index in [2.05, 4.69) is 36.9 Å². The Hall–Kier alpha value is -2.97. The molecule has 2 heterocycles. The van der Waals surface area contributed by atoms with Crippen LogP contribution >= 0.6 is 50.9 Å². The Morgan fingerprint density at radius 1 is 1.00 bits per heavy atom. The number of aliphatic imine (C=N–C) groups is 1. The third-order valence-corrected chi connectivity index (χ3v) is 8.13. The summed E-state index contributed by atoms with van der Waals surface area (Å²) in [6.07, 6.45) is 1.89. The molecule has 1 amide bonds. The number of aryl methyl sites for hydroxylation is 1. The van der Waals surface area contributed by atoms with E-state index in [1.165, 1.54) is 11.8 Å². The fourth-order valence-electron chi connectivity index (χ4n) is 4.06. The number of rotatable bonds is 6. The predicted octanol–water partition coefficient (Wildman–Crippen LogP) is 8.63. The molecule has 0 radical (unpaired) electrons. The first kappa shape index (κ1) is 26.6. The van der Waals surface area contributed by atoms with E-state index in [-0.39, 0.29) is 5.91 Å². The number of aromatic nitrogens is 1. The quantitative estimate of drug-likeness (QED) is 0.218. The monoisotopic (exact) mass is 625 g/mol. The van der Waals surface area contributed by atoms with Crippen molar-refractivity contribution >= 4 is 73.7 Å². The van der Waals surface area contributed by atoms with Gasteiger partial charge in [-0.05, 0) is 103 Å². The molecule has 0 spiro atoms. The normalized spacial score (nSPS) is 15.3. The average molecular weight is 627 g/mol. The average Bonchev–Trinajstić information content (AvgIpc) is 3.38. The number of thioether (sulfide) groups is 1. The third-order valence-electron chi connectivity index (χ3n) is 5.96. The number of halogens is 3. The van der Waals surface area contributed by atoms with Crippen LogP contribution in [0.1, 0.15) is 22.5 Å². The van der Waals surface area contributed by atoms with Crippen LogP contribution in [0.2, 0.25) is 10.0 Å². The maximum Gasteiger partial charge on any atom is 0.264 e. The molecular formula is C29H22BrCl2N3O2S. The van der Waals surface area contributed by atoms with Crippen LogP contribution in [0.5, 0.6) is 5.75 Å². The highest BCUT2D eigenvalue weighted by molar-refractivity contribution is 9.10. The molecule has 1 N–H and O–H groups in total. The summed E-state index contributed by atoms with van der Waals surface area (Å²) in [4.78, 5) is 17.7. The molecule has 5 rings (SSSR count). The van der Waals surface area contributed by atoms with Gasteiger partial charge in [0.25, 0.3) is 5.91 Å². The molecule has 1 fully saturated rings. The second-order valence-corrected chi connectivity index (χ2v) is 11.4. The van der Waals surface area contributed by atoms with Crippen LogP contribution < -0.4 is 10.1 Å². The zero-order valence-corrected chi connectivity index (χ0v) is 24.4. The molecule has 4 aromatic rings. The lowest BCUT2D eigenvalue weighted by Gasteiger charge is -2.11. The molecule has 1 aliphatic heterocycles. The topological polar surface area (TPSA) is 55.6 Å². The summed E-state index contributed by atoms with van der Waals surface area (Å²) in [5, 5.41) is 4.18. The number of ether oxygens (including phenoxy) is 1. The van der Waals surface area contributed by atoms with E-state index in [0.717, 1.165) is 38.4 Å². The summed E-state index contributed by atoms with van der Waals surface area (Å²) < 4.78 is 9.15. The number of amides is 1. The zero-order chi connectivity index (χ0) is 26.8. The number of hydrogen-bond acceptors (Lipinski definition) is 4. The Balaban J connectivity index is 1.32. The fourth-order valence-corrected chi connectivity index (χ4v) is 5.45. The predicted molar refractivity (Wildman–Crippen MR) is 161 cm³/mol. The zero-order valence-electron chi connectivity index (χ0n) is 20.5. The molecule has 0 aliphatic carbocycles. The van der Waals surface area contributed by atoms with Crippen molar-refractivity contribution in [2.45, 2.75) is 20.5 Å². The molecule has 5 nitrogen and oxygen atoms in total. The molecule has 1 saturated heterocycles. The van der Waals surface area contributed by atoms with Gasteiger partial charge in [0.05, 0.1) is 20.6 Å². The van der Waals surface area contributed by atoms with Gasteiger partial charge in [-0.25, -0.2) is 4.99 Å². The van der Waals surface area contributed by atoms with Crippen LogP contribution in [0.25, 0.3) is 11.8 Å². The van der Waals surface area contributed by atoms with Gasteiger partial charge in [0, 0.05) is 21.5 Å². The Labute approximate surface area is 243 Å². The van der Waals surface area contributed by atoms with Gasteiger partial charge in [0.2, 0.25) is 0 Å². The summed E-state index contributed by atoms with van der Waals surface area (Å²) >= 11 is 16.8. The lowest BCUT2D eigenvalue weighted by atomic mass is 10.2. The van der Waals surface area contributed by atoms with Crippen molar-refractivity contribution in [1.29, 1.82) is 0 Å². The van der Waals surface area contributed by atoms with E-state index in [0.29, 0.717) is 32.4 Å². The third kappa shape index (κ3) is 6.02. The summed E-state index contributed by atoms with van der Waals surface area (Å²) in [5.41, 5.74) is 5.79. The van der Waals surface area contributed by atoms with Crippen molar-refractivity contribution in [3.05, 3.63) is 115 Å². The number of carbonyl (C=O) groups excluding carboxylic acids is 1. The number of benzene rings is 3. The number of carbonyl (C=O) groups is 1. The molecular weight excluding hydrogens is 605 g/mol. The highest BCUT2D eigenvalue weighted by atomic mass is 79.9. The lowest BCUT2D eigenvalue weighted by molar-refractivity contribution is -0.115.